The van der Waals surface area contributed by atoms with Crippen LogP contribution in [0.1, 0.15) is 54.0 Å². The largest absolute Gasteiger partial charge is 0.344 e. The Labute approximate surface area is 129 Å². The summed E-state index contributed by atoms with van der Waals surface area (Å²) in [5.74, 6) is 0.486. The van der Waals surface area contributed by atoms with Crippen LogP contribution in [-0.2, 0) is 0 Å². The van der Waals surface area contributed by atoms with E-state index in [1.54, 1.807) is 30.3 Å². The maximum atomic E-state index is 12.0. The van der Waals surface area contributed by atoms with Crippen molar-refractivity contribution in [2.75, 3.05) is 14.1 Å². The zero-order chi connectivity index (χ0) is 15.1. The number of nitrogens with zero attached hydrogens (tertiary/aromatic N) is 3. The predicted molar refractivity (Wildman–Crippen MR) is 85.9 cm³/mol. The minimum Gasteiger partial charge on any atom is -0.344 e. The lowest BCUT2D eigenvalue weighted by atomic mass is 10.1. The molecular weight excluding hydrogens is 282 g/mol. The number of thiophene rings is 1. The fraction of sp³-hybridized carbons (Fsp3) is 0.500. The summed E-state index contributed by atoms with van der Waals surface area (Å²) >= 11 is 1.55. The van der Waals surface area contributed by atoms with E-state index in [1.165, 1.54) is 12.8 Å². The minimum absolute atomic E-state index is 0.0628. The molecule has 112 valence electrons. The number of hydrogen-bond donors (Lipinski definition) is 0. The van der Waals surface area contributed by atoms with Gasteiger partial charge in [-0.25, -0.2) is 0 Å². The molecule has 3 rings (SSSR count). The maximum Gasteiger partial charge on any atom is 0.263 e. The third kappa shape index (κ3) is 2.75. The number of rotatable bonds is 4. The zero-order valence-corrected chi connectivity index (χ0v) is 13.8. The molecule has 2 aromatic rings. The van der Waals surface area contributed by atoms with E-state index in [1.807, 2.05) is 12.1 Å². The molecule has 4 nitrogen and oxygen atoms in total. The fourth-order valence-electron chi connectivity index (χ4n) is 2.29. The van der Waals surface area contributed by atoms with Gasteiger partial charge < -0.3 is 4.90 Å². The molecule has 2 heterocycles. The highest BCUT2D eigenvalue weighted by atomic mass is 32.1. The van der Waals surface area contributed by atoms with Gasteiger partial charge in [0.25, 0.3) is 5.91 Å². The Balaban J connectivity index is 1.98. The van der Waals surface area contributed by atoms with Crippen molar-refractivity contribution in [3.63, 3.8) is 0 Å². The van der Waals surface area contributed by atoms with E-state index in [0.717, 1.165) is 21.1 Å². The molecule has 1 aliphatic carbocycles. The van der Waals surface area contributed by atoms with Crippen LogP contribution in [0.15, 0.2) is 18.2 Å². The van der Waals surface area contributed by atoms with Gasteiger partial charge in [-0.1, -0.05) is 13.8 Å². The molecule has 1 aliphatic rings. The molecule has 0 spiro atoms. The molecule has 0 bridgehead atoms. The van der Waals surface area contributed by atoms with Crippen molar-refractivity contribution in [1.29, 1.82) is 0 Å². The van der Waals surface area contributed by atoms with Crippen LogP contribution < -0.4 is 0 Å². The molecule has 1 fully saturated rings. The average molecular weight is 303 g/mol. The topological polar surface area (TPSA) is 38.1 Å². The number of amides is 1. The highest BCUT2D eigenvalue weighted by molar-refractivity contribution is 7.17. The summed E-state index contributed by atoms with van der Waals surface area (Å²) in [5, 5.41) is 4.77. The van der Waals surface area contributed by atoms with Gasteiger partial charge in [0, 0.05) is 14.1 Å². The summed E-state index contributed by atoms with van der Waals surface area (Å²) < 4.78 is 2.16. The van der Waals surface area contributed by atoms with E-state index in [2.05, 4.69) is 24.6 Å². The lowest BCUT2D eigenvalue weighted by molar-refractivity contribution is 0.0832. The first kappa shape index (κ1) is 14.3. The minimum atomic E-state index is 0.0628. The summed E-state index contributed by atoms with van der Waals surface area (Å²) in [6.07, 6.45) is 2.42. The SMILES string of the molecule is CC(C)c1cc(-c2ccc(C(=O)N(C)C)s2)n(C2CC2)n1. The first-order valence-electron chi connectivity index (χ1n) is 7.38. The molecule has 0 saturated heterocycles. The normalized spacial score (nSPS) is 14.7. The van der Waals surface area contributed by atoms with Crippen LogP contribution in [0.2, 0.25) is 0 Å². The van der Waals surface area contributed by atoms with Crippen molar-refractivity contribution in [3.8, 4) is 10.6 Å². The first-order chi connectivity index (χ1) is 9.97. The monoisotopic (exact) mass is 303 g/mol. The fourth-order valence-corrected chi connectivity index (χ4v) is 3.32. The highest BCUT2D eigenvalue weighted by Gasteiger charge is 2.28. The van der Waals surface area contributed by atoms with Crippen molar-refractivity contribution in [2.24, 2.45) is 0 Å². The van der Waals surface area contributed by atoms with E-state index in [0.29, 0.717) is 12.0 Å². The molecular formula is C16H21N3OS. The number of carbonyl (C=O) groups is 1. The zero-order valence-electron chi connectivity index (χ0n) is 13.0. The van der Waals surface area contributed by atoms with Crippen LogP contribution in [0.25, 0.3) is 10.6 Å². The Morgan fingerprint density at radius 3 is 2.67 bits per heavy atom. The summed E-state index contributed by atoms with van der Waals surface area (Å²) in [6, 6.07) is 6.68. The third-order valence-electron chi connectivity index (χ3n) is 3.71. The Hall–Kier alpha value is -1.62. The van der Waals surface area contributed by atoms with Crippen LogP contribution >= 0.6 is 11.3 Å². The molecule has 1 saturated carbocycles. The number of hydrogen-bond acceptors (Lipinski definition) is 3. The third-order valence-corrected chi connectivity index (χ3v) is 4.81. The second kappa shape index (κ2) is 5.30. The van der Waals surface area contributed by atoms with Crippen molar-refractivity contribution in [1.82, 2.24) is 14.7 Å². The quantitative estimate of drug-likeness (QED) is 0.862. The van der Waals surface area contributed by atoms with Gasteiger partial charge in [0.1, 0.15) is 0 Å². The van der Waals surface area contributed by atoms with Gasteiger partial charge >= 0.3 is 0 Å². The second-order valence-corrected chi connectivity index (χ2v) is 7.23. The van der Waals surface area contributed by atoms with E-state index in [9.17, 15) is 4.79 Å². The molecule has 2 aromatic heterocycles. The van der Waals surface area contributed by atoms with E-state index >= 15 is 0 Å². The maximum absolute atomic E-state index is 12.0. The van der Waals surface area contributed by atoms with Crippen molar-refractivity contribution < 1.29 is 4.79 Å². The van der Waals surface area contributed by atoms with Crippen LogP contribution in [0.3, 0.4) is 0 Å². The molecule has 0 aliphatic heterocycles. The lowest BCUT2D eigenvalue weighted by Gasteiger charge is -2.07. The van der Waals surface area contributed by atoms with Gasteiger partial charge in [0.2, 0.25) is 0 Å². The average Bonchev–Trinajstić information content (AvgIpc) is 3.01. The van der Waals surface area contributed by atoms with E-state index in [-0.39, 0.29) is 5.91 Å². The molecule has 0 aromatic carbocycles. The molecule has 0 N–H and O–H groups in total. The van der Waals surface area contributed by atoms with Gasteiger partial charge in [-0.15, -0.1) is 11.3 Å². The molecule has 5 heteroatoms. The van der Waals surface area contributed by atoms with Crippen LogP contribution in [0.4, 0.5) is 0 Å². The Morgan fingerprint density at radius 1 is 1.38 bits per heavy atom. The van der Waals surface area contributed by atoms with Gasteiger partial charge in [-0.2, -0.15) is 5.10 Å². The highest BCUT2D eigenvalue weighted by Crippen LogP contribution is 2.40. The van der Waals surface area contributed by atoms with E-state index < -0.39 is 0 Å². The lowest BCUT2D eigenvalue weighted by Crippen LogP contribution is -2.20. The second-order valence-electron chi connectivity index (χ2n) is 6.15. The summed E-state index contributed by atoms with van der Waals surface area (Å²) in [7, 11) is 3.57. The summed E-state index contributed by atoms with van der Waals surface area (Å²) in [4.78, 5) is 15.6. The van der Waals surface area contributed by atoms with Gasteiger partial charge in [-0.3, -0.25) is 9.48 Å². The number of aromatic nitrogens is 2. The Morgan fingerprint density at radius 2 is 2.10 bits per heavy atom. The van der Waals surface area contributed by atoms with Gasteiger partial charge in [-0.05, 0) is 37.0 Å². The Bertz CT molecular complexity index is 665. The van der Waals surface area contributed by atoms with Crippen LogP contribution in [0.5, 0.6) is 0 Å². The summed E-state index contributed by atoms with van der Waals surface area (Å²) in [6.45, 7) is 4.33. The summed E-state index contributed by atoms with van der Waals surface area (Å²) in [5.41, 5.74) is 2.29. The molecule has 1 amide bonds. The van der Waals surface area contributed by atoms with Crippen LogP contribution in [-0.4, -0.2) is 34.7 Å². The predicted octanol–water partition coefficient (Wildman–Crippen LogP) is 3.77. The molecule has 0 unspecified atom stereocenters. The first-order valence-corrected chi connectivity index (χ1v) is 8.20. The van der Waals surface area contributed by atoms with Gasteiger partial charge in [0.05, 0.1) is 27.2 Å². The van der Waals surface area contributed by atoms with Crippen molar-refractivity contribution in [2.45, 2.75) is 38.6 Å². The smallest absolute Gasteiger partial charge is 0.263 e. The molecule has 0 radical (unpaired) electrons. The number of carbonyl (C=O) groups excluding carboxylic acids is 1. The Kier molecular flexibility index (Phi) is 3.61. The molecule has 0 atom stereocenters. The van der Waals surface area contributed by atoms with Crippen molar-refractivity contribution >= 4 is 17.2 Å². The van der Waals surface area contributed by atoms with E-state index in [4.69, 9.17) is 5.10 Å². The standard InChI is InChI=1S/C16H21N3OS/c1-10(2)12-9-13(19(17-12)11-5-6-11)14-7-8-15(21-14)16(20)18(3)4/h7-11H,5-6H2,1-4H3. The van der Waals surface area contributed by atoms with Gasteiger partial charge in [0.15, 0.2) is 0 Å². The van der Waals surface area contributed by atoms with Crippen molar-refractivity contribution in [3.05, 3.63) is 28.8 Å². The van der Waals surface area contributed by atoms with Crippen LogP contribution in [0, 0.1) is 0 Å². The molecule has 21 heavy (non-hydrogen) atoms.